The van der Waals surface area contributed by atoms with E-state index in [4.69, 9.17) is 27.6 Å². The Bertz CT molecular complexity index is 1110. The van der Waals surface area contributed by atoms with Crippen LogP contribution in [0.5, 0.6) is 5.75 Å². The van der Waals surface area contributed by atoms with Crippen molar-refractivity contribution in [3.05, 3.63) is 68.0 Å². The third kappa shape index (κ3) is 5.11. The summed E-state index contributed by atoms with van der Waals surface area (Å²) in [4.78, 5) is 24.8. The molecule has 0 aliphatic rings. The molecular weight excluding hydrogens is 413 g/mol. The fraction of sp³-hybridized carbons (Fsp3) is 0.273. The Morgan fingerprint density at radius 3 is 2.59 bits per heavy atom. The molecule has 0 aliphatic carbocycles. The van der Waals surface area contributed by atoms with Gasteiger partial charge in [0.2, 0.25) is 0 Å². The van der Waals surface area contributed by atoms with Crippen molar-refractivity contribution in [1.82, 2.24) is 0 Å². The molecule has 1 aromatic heterocycles. The molecule has 3 rings (SSSR count). The third-order valence-corrected chi connectivity index (χ3v) is 5.39. The van der Waals surface area contributed by atoms with Gasteiger partial charge < -0.3 is 14.8 Å². The second-order valence-corrected chi connectivity index (χ2v) is 7.67. The molecule has 0 bridgehead atoms. The summed E-state index contributed by atoms with van der Waals surface area (Å²) in [6.45, 7) is 2.14. The Hall–Kier alpha value is -2.50. The Balaban J connectivity index is 1.88. The Morgan fingerprint density at radius 2 is 1.86 bits per heavy atom. The minimum Gasteiger partial charge on any atom is -0.508 e. The molecule has 0 aliphatic heterocycles. The number of aromatic hydroxyl groups is 1. The quantitative estimate of drug-likeness (QED) is 0.344. The normalized spacial score (nSPS) is 11.0. The van der Waals surface area contributed by atoms with Gasteiger partial charge >= 0.3 is 5.63 Å². The van der Waals surface area contributed by atoms with Crippen LogP contribution < -0.4 is 10.9 Å². The third-order valence-electron chi connectivity index (χ3n) is 4.66. The lowest BCUT2D eigenvalue weighted by atomic mass is 10.0. The summed E-state index contributed by atoms with van der Waals surface area (Å²) in [7, 11) is 0. The van der Waals surface area contributed by atoms with E-state index in [-0.39, 0.29) is 16.9 Å². The molecule has 2 N–H and O–H groups in total. The van der Waals surface area contributed by atoms with Crippen molar-refractivity contribution in [3.8, 4) is 5.75 Å². The summed E-state index contributed by atoms with van der Waals surface area (Å²) < 4.78 is 5.25. The molecule has 0 atom stereocenters. The first-order chi connectivity index (χ1) is 13.9. The van der Waals surface area contributed by atoms with Crippen LogP contribution in [0.15, 0.2) is 45.6 Å². The lowest BCUT2D eigenvalue weighted by Crippen LogP contribution is -2.20. The minimum absolute atomic E-state index is 0.0881. The van der Waals surface area contributed by atoms with Crippen molar-refractivity contribution in [1.29, 1.82) is 0 Å². The average Bonchev–Trinajstić information content (AvgIpc) is 2.68. The number of fused-ring (bicyclic) bond motifs is 1. The molecule has 29 heavy (non-hydrogen) atoms. The number of rotatable bonds is 7. The standard InChI is InChI=1S/C22H21Cl2NO4/c1-2-3-4-5-6-13-9-14-10-16(22(28)29-20(14)12-19(13)26)21(27)25-15-7-8-17(23)18(24)11-15/h7-12,26H,2-6H2,1H3,(H,25,27). The number of phenols is 1. The molecule has 2 aromatic carbocycles. The zero-order chi connectivity index (χ0) is 21.0. The number of hydrogen-bond donors (Lipinski definition) is 2. The van der Waals surface area contributed by atoms with Gasteiger partial charge in [-0.05, 0) is 48.7 Å². The van der Waals surface area contributed by atoms with Crippen molar-refractivity contribution in [2.24, 2.45) is 0 Å². The number of aryl methyl sites for hydroxylation is 1. The smallest absolute Gasteiger partial charge is 0.349 e. The van der Waals surface area contributed by atoms with E-state index in [1.165, 1.54) is 18.2 Å². The molecule has 0 radical (unpaired) electrons. The maximum Gasteiger partial charge on any atom is 0.349 e. The number of hydrogen-bond acceptors (Lipinski definition) is 4. The van der Waals surface area contributed by atoms with Gasteiger partial charge in [-0.25, -0.2) is 4.79 Å². The summed E-state index contributed by atoms with van der Waals surface area (Å²) >= 11 is 11.8. The topological polar surface area (TPSA) is 79.5 Å². The Kier molecular flexibility index (Phi) is 6.83. The monoisotopic (exact) mass is 433 g/mol. The minimum atomic E-state index is -0.787. The second-order valence-electron chi connectivity index (χ2n) is 6.86. The number of amides is 1. The van der Waals surface area contributed by atoms with Gasteiger partial charge in [0.15, 0.2) is 0 Å². The molecule has 0 saturated carbocycles. The van der Waals surface area contributed by atoms with Gasteiger partial charge in [-0.3, -0.25) is 4.79 Å². The molecule has 152 valence electrons. The molecular formula is C22H21Cl2NO4. The van der Waals surface area contributed by atoms with E-state index in [1.807, 2.05) is 0 Å². The van der Waals surface area contributed by atoms with Crippen LogP contribution in [0.25, 0.3) is 11.0 Å². The maximum absolute atomic E-state index is 12.6. The number of phenolic OH excluding ortho intramolecular Hbond substituents is 1. The summed E-state index contributed by atoms with van der Waals surface area (Å²) in [5.41, 5.74) is 0.483. The van der Waals surface area contributed by atoms with E-state index in [1.54, 1.807) is 18.2 Å². The van der Waals surface area contributed by atoms with Gasteiger partial charge in [-0.1, -0.05) is 49.4 Å². The number of benzene rings is 2. The van der Waals surface area contributed by atoms with E-state index in [0.29, 0.717) is 27.5 Å². The summed E-state index contributed by atoms with van der Waals surface area (Å²) in [5.74, 6) is -0.526. The lowest BCUT2D eigenvalue weighted by molar-refractivity contribution is 0.102. The number of halogens is 2. The van der Waals surface area contributed by atoms with Crippen LogP contribution in [0, 0.1) is 0 Å². The highest BCUT2D eigenvalue weighted by molar-refractivity contribution is 6.42. The van der Waals surface area contributed by atoms with Crippen molar-refractivity contribution < 1.29 is 14.3 Å². The van der Waals surface area contributed by atoms with Crippen LogP contribution in [-0.2, 0) is 6.42 Å². The van der Waals surface area contributed by atoms with E-state index in [2.05, 4.69) is 12.2 Å². The highest BCUT2D eigenvalue weighted by Crippen LogP contribution is 2.27. The van der Waals surface area contributed by atoms with Gasteiger partial charge in [-0.15, -0.1) is 0 Å². The highest BCUT2D eigenvalue weighted by Gasteiger charge is 2.16. The van der Waals surface area contributed by atoms with Crippen LogP contribution in [0.4, 0.5) is 5.69 Å². The van der Waals surface area contributed by atoms with Crippen molar-refractivity contribution in [2.45, 2.75) is 39.0 Å². The predicted octanol–water partition coefficient (Wildman–Crippen LogP) is 6.18. The molecule has 1 heterocycles. The largest absolute Gasteiger partial charge is 0.508 e. The molecule has 7 heteroatoms. The predicted molar refractivity (Wildman–Crippen MR) is 116 cm³/mol. The average molecular weight is 434 g/mol. The molecule has 3 aromatic rings. The first-order valence-electron chi connectivity index (χ1n) is 9.45. The summed E-state index contributed by atoms with van der Waals surface area (Å²) in [5, 5.41) is 14.1. The van der Waals surface area contributed by atoms with Crippen LogP contribution >= 0.6 is 23.2 Å². The van der Waals surface area contributed by atoms with Gasteiger partial charge in [0, 0.05) is 17.1 Å². The number of anilines is 1. The first-order valence-corrected chi connectivity index (χ1v) is 10.2. The zero-order valence-corrected chi connectivity index (χ0v) is 17.4. The van der Waals surface area contributed by atoms with Gasteiger partial charge in [0.05, 0.1) is 10.0 Å². The molecule has 1 amide bonds. The number of nitrogens with one attached hydrogen (secondary N) is 1. The second kappa shape index (κ2) is 9.33. The fourth-order valence-electron chi connectivity index (χ4n) is 3.08. The molecule has 0 saturated heterocycles. The number of carbonyl (C=O) groups is 1. The van der Waals surface area contributed by atoms with E-state index >= 15 is 0 Å². The van der Waals surface area contributed by atoms with Gasteiger partial charge in [-0.2, -0.15) is 0 Å². The Labute approximate surface area is 178 Å². The van der Waals surface area contributed by atoms with Crippen molar-refractivity contribution in [3.63, 3.8) is 0 Å². The number of unbranched alkanes of at least 4 members (excludes halogenated alkanes) is 3. The first kappa shape index (κ1) is 21.2. The van der Waals surface area contributed by atoms with Crippen molar-refractivity contribution >= 4 is 45.8 Å². The zero-order valence-electron chi connectivity index (χ0n) is 15.9. The molecule has 0 unspecified atom stereocenters. The maximum atomic E-state index is 12.6. The van der Waals surface area contributed by atoms with E-state index < -0.39 is 11.5 Å². The summed E-state index contributed by atoms with van der Waals surface area (Å²) in [6, 6.07) is 9.29. The van der Waals surface area contributed by atoms with Crippen LogP contribution in [0.3, 0.4) is 0 Å². The van der Waals surface area contributed by atoms with Crippen LogP contribution in [-0.4, -0.2) is 11.0 Å². The fourth-order valence-corrected chi connectivity index (χ4v) is 3.37. The van der Waals surface area contributed by atoms with Gasteiger partial charge in [0.1, 0.15) is 16.9 Å². The highest BCUT2D eigenvalue weighted by atomic mass is 35.5. The lowest BCUT2D eigenvalue weighted by Gasteiger charge is -2.09. The van der Waals surface area contributed by atoms with Crippen molar-refractivity contribution in [2.75, 3.05) is 5.32 Å². The molecule has 5 nitrogen and oxygen atoms in total. The summed E-state index contributed by atoms with van der Waals surface area (Å²) in [6.07, 6.45) is 5.02. The van der Waals surface area contributed by atoms with Gasteiger partial charge in [0.25, 0.3) is 5.91 Å². The number of carbonyl (C=O) groups excluding carboxylic acids is 1. The Morgan fingerprint density at radius 1 is 1.07 bits per heavy atom. The molecule has 0 fully saturated rings. The SMILES string of the molecule is CCCCCCc1cc2cc(C(=O)Nc3ccc(Cl)c(Cl)c3)c(=O)oc2cc1O. The van der Waals surface area contributed by atoms with Crippen LogP contribution in [0.1, 0.15) is 48.5 Å². The van der Waals surface area contributed by atoms with Crippen LogP contribution in [0.2, 0.25) is 10.0 Å². The molecule has 0 spiro atoms. The van der Waals surface area contributed by atoms with E-state index in [9.17, 15) is 14.7 Å². The van der Waals surface area contributed by atoms with E-state index in [0.717, 1.165) is 31.2 Å².